The molecule has 1 amide bonds. The molecule has 0 aliphatic carbocycles. The SMILES string of the molecule is CCCC(=O)NC(C)Cn1c(=Nc2cc(OC)cc(OC)c2F)ccc2ncc(/C(C=NC)=C/N)nc21. The number of ether oxygens (including phenoxy) is 2. The fourth-order valence-corrected chi connectivity index (χ4v) is 3.73. The molecule has 1 aromatic carbocycles. The maximum Gasteiger partial charge on any atom is 0.220 e. The number of benzene rings is 1. The molecule has 1 atom stereocenters. The Bertz CT molecular complexity index is 1400. The van der Waals surface area contributed by atoms with Gasteiger partial charge >= 0.3 is 0 Å². The van der Waals surface area contributed by atoms with Crippen LogP contribution in [0.3, 0.4) is 0 Å². The summed E-state index contributed by atoms with van der Waals surface area (Å²) in [4.78, 5) is 30.1. The van der Waals surface area contributed by atoms with Gasteiger partial charge < -0.3 is 25.1 Å². The van der Waals surface area contributed by atoms with E-state index in [1.54, 1.807) is 36.2 Å². The average Bonchev–Trinajstić information content (AvgIpc) is 2.89. The number of hydrogen-bond acceptors (Lipinski definition) is 8. The van der Waals surface area contributed by atoms with Crippen molar-refractivity contribution in [3.05, 3.63) is 53.7 Å². The van der Waals surface area contributed by atoms with E-state index in [1.165, 1.54) is 32.6 Å². The third-order valence-electron chi connectivity index (χ3n) is 5.47. The molecular weight excluding hydrogens is 477 g/mol. The highest BCUT2D eigenvalue weighted by Crippen LogP contribution is 2.32. The Morgan fingerprint density at radius 1 is 1.30 bits per heavy atom. The van der Waals surface area contributed by atoms with E-state index in [9.17, 15) is 4.79 Å². The summed E-state index contributed by atoms with van der Waals surface area (Å²) < 4.78 is 27.4. The van der Waals surface area contributed by atoms with E-state index in [0.29, 0.717) is 46.6 Å². The lowest BCUT2D eigenvalue weighted by Crippen LogP contribution is -2.38. The lowest BCUT2D eigenvalue weighted by Gasteiger charge is -2.18. The van der Waals surface area contributed by atoms with Crippen molar-refractivity contribution >= 4 is 34.5 Å². The number of aromatic nitrogens is 3. The normalized spacial score (nSPS) is 13.2. The average molecular weight is 510 g/mol. The molecule has 0 radical (unpaired) electrons. The van der Waals surface area contributed by atoms with Crippen LogP contribution in [0.15, 0.2) is 46.6 Å². The Labute approximate surface area is 214 Å². The van der Waals surface area contributed by atoms with E-state index < -0.39 is 5.82 Å². The summed E-state index contributed by atoms with van der Waals surface area (Å²) in [5, 5.41) is 2.99. The molecule has 2 heterocycles. The highest BCUT2D eigenvalue weighted by molar-refractivity contribution is 6.08. The number of rotatable bonds is 10. The maximum atomic E-state index is 15.1. The number of fused-ring (bicyclic) bond motifs is 1. The molecule has 0 aliphatic rings. The minimum atomic E-state index is -0.633. The summed E-state index contributed by atoms with van der Waals surface area (Å²) in [5.74, 6) is -0.295. The van der Waals surface area contributed by atoms with Crippen LogP contribution in [0, 0.1) is 5.82 Å². The largest absolute Gasteiger partial charge is 0.497 e. The van der Waals surface area contributed by atoms with Gasteiger partial charge in [-0.2, -0.15) is 0 Å². The van der Waals surface area contributed by atoms with Gasteiger partial charge in [0.15, 0.2) is 17.2 Å². The van der Waals surface area contributed by atoms with E-state index >= 15 is 4.39 Å². The first-order valence-corrected chi connectivity index (χ1v) is 11.8. The third-order valence-corrected chi connectivity index (χ3v) is 5.47. The molecule has 3 rings (SSSR count). The molecule has 196 valence electrons. The maximum absolute atomic E-state index is 15.1. The Hall–Kier alpha value is -4.28. The second-order valence-electron chi connectivity index (χ2n) is 8.27. The standard InChI is InChI=1S/C26H32FN7O3/c1-6-7-24(35)31-16(2)15-34-23(32-20-10-18(36-4)11-22(37-5)25(20)27)9-8-19-26(34)33-21(14-30-19)17(12-28)13-29-3/h8-14,16H,6-7,15,28H2,1-5H3,(H,31,35)/b17-12+,29-13?,32-23?. The Morgan fingerprint density at radius 2 is 2.08 bits per heavy atom. The number of nitrogens with zero attached hydrogens (tertiary/aromatic N) is 5. The van der Waals surface area contributed by atoms with Gasteiger partial charge in [-0.25, -0.2) is 14.4 Å². The third kappa shape index (κ3) is 6.49. The molecule has 0 saturated carbocycles. The lowest BCUT2D eigenvalue weighted by atomic mass is 10.2. The van der Waals surface area contributed by atoms with Crippen molar-refractivity contribution in [2.75, 3.05) is 21.3 Å². The molecule has 0 aliphatic heterocycles. The quantitative estimate of drug-likeness (QED) is 0.404. The van der Waals surface area contributed by atoms with Gasteiger partial charge in [0, 0.05) is 56.2 Å². The molecule has 11 heteroatoms. The summed E-state index contributed by atoms with van der Waals surface area (Å²) in [6.07, 6.45) is 5.73. The van der Waals surface area contributed by atoms with Crippen molar-refractivity contribution in [2.24, 2.45) is 15.7 Å². The van der Waals surface area contributed by atoms with Crippen LogP contribution in [0.5, 0.6) is 11.5 Å². The fraction of sp³-hybridized carbons (Fsp3) is 0.346. The minimum absolute atomic E-state index is 0.00397. The van der Waals surface area contributed by atoms with Crippen molar-refractivity contribution in [1.82, 2.24) is 19.9 Å². The van der Waals surface area contributed by atoms with Crippen molar-refractivity contribution in [1.29, 1.82) is 0 Å². The van der Waals surface area contributed by atoms with Crippen LogP contribution in [0.2, 0.25) is 0 Å². The fourth-order valence-electron chi connectivity index (χ4n) is 3.73. The first-order chi connectivity index (χ1) is 17.8. The highest BCUT2D eigenvalue weighted by Gasteiger charge is 2.15. The van der Waals surface area contributed by atoms with Crippen LogP contribution in [-0.4, -0.2) is 54.0 Å². The van der Waals surface area contributed by atoms with E-state index in [1.807, 2.05) is 13.8 Å². The Balaban J connectivity index is 2.27. The second kappa shape index (κ2) is 12.6. The van der Waals surface area contributed by atoms with E-state index in [4.69, 9.17) is 20.2 Å². The summed E-state index contributed by atoms with van der Waals surface area (Å²) in [6.45, 7) is 4.12. The number of aliphatic imine (C=N–C) groups is 1. The number of carbonyl (C=O) groups excluding carboxylic acids is 1. The van der Waals surface area contributed by atoms with E-state index in [-0.39, 0.29) is 23.4 Å². The molecule has 3 N–H and O–H groups in total. The molecular formula is C26H32FN7O3. The van der Waals surface area contributed by atoms with E-state index in [0.717, 1.165) is 6.42 Å². The number of halogens is 1. The van der Waals surface area contributed by atoms with Gasteiger partial charge in [0.2, 0.25) is 5.91 Å². The summed E-state index contributed by atoms with van der Waals surface area (Å²) in [7, 11) is 4.48. The molecule has 10 nitrogen and oxygen atoms in total. The molecule has 1 unspecified atom stereocenters. The van der Waals surface area contributed by atoms with Crippen LogP contribution in [0.1, 0.15) is 32.4 Å². The summed E-state index contributed by atoms with van der Waals surface area (Å²) >= 11 is 0. The number of allylic oxidation sites excluding steroid dienone is 1. The first kappa shape index (κ1) is 27.3. The van der Waals surface area contributed by atoms with Gasteiger partial charge in [-0.05, 0) is 25.5 Å². The molecule has 3 aromatic rings. The topological polar surface area (TPSA) is 129 Å². The number of amides is 1. The molecule has 0 saturated heterocycles. The monoisotopic (exact) mass is 509 g/mol. The molecule has 2 aromatic heterocycles. The number of carbonyl (C=O) groups is 1. The smallest absolute Gasteiger partial charge is 0.220 e. The van der Waals surface area contributed by atoms with Crippen molar-refractivity contribution < 1.29 is 18.7 Å². The molecule has 0 fully saturated rings. The number of hydrogen-bond donors (Lipinski definition) is 2. The van der Waals surface area contributed by atoms with Crippen LogP contribution in [-0.2, 0) is 11.3 Å². The predicted molar refractivity (Wildman–Crippen MR) is 141 cm³/mol. The number of nitrogens with one attached hydrogen (secondary N) is 1. The van der Waals surface area contributed by atoms with Gasteiger partial charge in [0.1, 0.15) is 22.4 Å². The molecule has 0 spiro atoms. The van der Waals surface area contributed by atoms with Gasteiger partial charge in [-0.3, -0.25) is 14.8 Å². The van der Waals surface area contributed by atoms with Gasteiger partial charge in [0.05, 0.1) is 26.1 Å². The highest BCUT2D eigenvalue weighted by atomic mass is 19.1. The van der Waals surface area contributed by atoms with E-state index in [2.05, 4.69) is 20.3 Å². The molecule has 37 heavy (non-hydrogen) atoms. The predicted octanol–water partition coefficient (Wildman–Crippen LogP) is 3.12. The zero-order valence-electron chi connectivity index (χ0n) is 21.7. The molecule has 0 bridgehead atoms. The Kier molecular flexibility index (Phi) is 9.31. The van der Waals surface area contributed by atoms with Gasteiger partial charge in [0.25, 0.3) is 0 Å². The minimum Gasteiger partial charge on any atom is -0.497 e. The van der Waals surface area contributed by atoms with Gasteiger partial charge in [-0.15, -0.1) is 0 Å². The zero-order chi connectivity index (χ0) is 26.9. The van der Waals surface area contributed by atoms with Crippen molar-refractivity contribution in [3.8, 4) is 11.5 Å². The second-order valence-corrected chi connectivity index (χ2v) is 8.27. The zero-order valence-corrected chi connectivity index (χ0v) is 21.7. The van der Waals surface area contributed by atoms with Crippen molar-refractivity contribution in [3.63, 3.8) is 0 Å². The van der Waals surface area contributed by atoms with Crippen LogP contribution in [0.25, 0.3) is 16.7 Å². The summed E-state index contributed by atoms with van der Waals surface area (Å²) in [5.41, 5.74) is 8.35. The summed E-state index contributed by atoms with van der Waals surface area (Å²) in [6, 6.07) is 6.11. The first-order valence-electron chi connectivity index (χ1n) is 11.8. The number of methoxy groups -OCH3 is 2. The Morgan fingerprint density at radius 3 is 2.73 bits per heavy atom. The van der Waals surface area contributed by atoms with Crippen molar-refractivity contribution in [2.45, 2.75) is 39.3 Å². The number of pyridine rings is 1. The lowest BCUT2D eigenvalue weighted by molar-refractivity contribution is -0.121. The van der Waals surface area contributed by atoms with Crippen LogP contribution in [0.4, 0.5) is 10.1 Å². The van der Waals surface area contributed by atoms with Crippen LogP contribution >= 0.6 is 0 Å². The van der Waals surface area contributed by atoms with Crippen LogP contribution < -0.4 is 26.0 Å². The van der Waals surface area contributed by atoms with Gasteiger partial charge in [-0.1, -0.05) is 6.92 Å². The number of nitrogens with two attached hydrogens (primary N) is 1.